The number of rotatable bonds is 6. The molecule has 1 heterocycles. The third-order valence-electron chi connectivity index (χ3n) is 3.38. The molecule has 5 nitrogen and oxygen atoms in total. The van der Waals surface area contributed by atoms with Gasteiger partial charge in [-0.1, -0.05) is 12.1 Å². The molecule has 132 valence electrons. The number of aliphatic hydroxyl groups excluding tert-OH is 1. The predicted molar refractivity (Wildman–Crippen MR) is 85.2 cm³/mol. The fourth-order valence-electron chi connectivity index (χ4n) is 2.26. The summed E-state index contributed by atoms with van der Waals surface area (Å²) in [7, 11) is 1.62. The average Bonchev–Trinajstić information content (AvgIpc) is 2.59. The summed E-state index contributed by atoms with van der Waals surface area (Å²) in [6, 6.07) is 10.0. The first-order valence-electron chi connectivity index (χ1n) is 7.36. The van der Waals surface area contributed by atoms with E-state index in [1.54, 1.807) is 24.1 Å². The quantitative estimate of drug-likeness (QED) is 0.867. The van der Waals surface area contributed by atoms with Crippen LogP contribution in [0.3, 0.4) is 0 Å². The van der Waals surface area contributed by atoms with E-state index >= 15 is 0 Å². The maximum Gasteiger partial charge on any atom is 0.419 e. The highest BCUT2D eigenvalue weighted by molar-refractivity contribution is 5.52. The summed E-state index contributed by atoms with van der Waals surface area (Å²) in [5.74, 6) is 0.0343. The number of nitrogens with zero attached hydrogens (tertiary/aromatic N) is 3. The highest BCUT2D eigenvalue weighted by Gasteiger charge is 2.34. The number of hydrogen-bond acceptors (Lipinski definition) is 5. The summed E-state index contributed by atoms with van der Waals surface area (Å²) in [5, 5.41) is 19.1. The molecule has 1 N–H and O–H groups in total. The molecule has 2 rings (SSSR count). The number of para-hydroxylation sites is 1. The van der Waals surface area contributed by atoms with E-state index in [9.17, 15) is 18.3 Å². The Bertz CT molecular complexity index is 759. The van der Waals surface area contributed by atoms with Gasteiger partial charge < -0.3 is 14.7 Å². The molecular weight excluding hydrogens is 335 g/mol. The molecule has 0 saturated carbocycles. The Labute approximate surface area is 142 Å². The molecule has 1 atom stereocenters. The summed E-state index contributed by atoms with van der Waals surface area (Å²) in [4.78, 5) is 5.61. The van der Waals surface area contributed by atoms with Crippen molar-refractivity contribution in [3.63, 3.8) is 0 Å². The molecule has 0 aliphatic rings. The zero-order chi connectivity index (χ0) is 18.4. The van der Waals surface area contributed by atoms with Gasteiger partial charge in [0, 0.05) is 19.8 Å². The minimum Gasteiger partial charge on any atom is -0.490 e. The molecule has 0 fully saturated rings. The topological polar surface area (TPSA) is 69.4 Å². The van der Waals surface area contributed by atoms with Crippen molar-refractivity contribution in [2.45, 2.75) is 12.3 Å². The van der Waals surface area contributed by atoms with E-state index in [-0.39, 0.29) is 18.9 Å². The minimum atomic E-state index is -4.53. The van der Waals surface area contributed by atoms with E-state index in [4.69, 9.17) is 10.00 Å². The first-order valence-corrected chi connectivity index (χ1v) is 7.36. The molecule has 0 amide bonds. The zero-order valence-corrected chi connectivity index (χ0v) is 13.4. The lowest BCUT2D eigenvalue weighted by Crippen LogP contribution is -2.34. The van der Waals surface area contributed by atoms with Crippen LogP contribution in [0.5, 0.6) is 5.75 Å². The van der Waals surface area contributed by atoms with E-state index in [2.05, 4.69) is 4.98 Å². The van der Waals surface area contributed by atoms with Crippen LogP contribution < -0.4 is 9.64 Å². The molecule has 0 unspecified atom stereocenters. The van der Waals surface area contributed by atoms with Crippen molar-refractivity contribution in [3.05, 3.63) is 53.7 Å². The second-order valence-corrected chi connectivity index (χ2v) is 5.33. The molecule has 0 aliphatic carbocycles. The van der Waals surface area contributed by atoms with Gasteiger partial charge in [-0.2, -0.15) is 18.4 Å². The van der Waals surface area contributed by atoms with Crippen LogP contribution in [0, 0.1) is 11.3 Å². The summed E-state index contributed by atoms with van der Waals surface area (Å²) in [6.07, 6.45) is -4.09. The molecule has 0 saturated heterocycles. The maximum atomic E-state index is 12.9. The number of alkyl halides is 3. The number of hydrogen-bond donors (Lipinski definition) is 1. The van der Waals surface area contributed by atoms with Gasteiger partial charge in [0.15, 0.2) is 0 Å². The number of aliphatic hydroxyl groups is 1. The van der Waals surface area contributed by atoms with Gasteiger partial charge in [0.05, 0.1) is 11.1 Å². The number of anilines is 1. The molecule has 1 aromatic carbocycles. The fourth-order valence-corrected chi connectivity index (χ4v) is 2.26. The van der Waals surface area contributed by atoms with E-state index in [0.717, 1.165) is 6.07 Å². The van der Waals surface area contributed by atoms with Gasteiger partial charge >= 0.3 is 6.18 Å². The SMILES string of the molecule is CN(C[C@@H](O)COc1ccccc1C(F)(F)F)c1ncccc1C#N. The van der Waals surface area contributed by atoms with Crippen LogP contribution in [0.4, 0.5) is 19.0 Å². The van der Waals surface area contributed by atoms with Gasteiger partial charge in [-0.15, -0.1) is 0 Å². The second kappa shape index (κ2) is 7.85. The van der Waals surface area contributed by atoms with Crippen molar-refractivity contribution in [1.29, 1.82) is 5.26 Å². The van der Waals surface area contributed by atoms with Crippen LogP contribution >= 0.6 is 0 Å². The summed E-state index contributed by atoms with van der Waals surface area (Å²) < 4.78 is 43.8. The minimum absolute atomic E-state index is 0.0415. The van der Waals surface area contributed by atoms with Crippen molar-refractivity contribution in [2.75, 3.05) is 25.1 Å². The molecule has 8 heteroatoms. The Hall–Kier alpha value is -2.79. The van der Waals surface area contributed by atoms with Crippen molar-refractivity contribution in [2.24, 2.45) is 0 Å². The van der Waals surface area contributed by atoms with Gasteiger partial charge in [-0.3, -0.25) is 0 Å². The van der Waals surface area contributed by atoms with Crippen molar-refractivity contribution >= 4 is 5.82 Å². The summed E-state index contributed by atoms with van der Waals surface area (Å²) in [5.41, 5.74) is -0.562. The highest BCUT2D eigenvalue weighted by Crippen LogP contribution is 2.35. The molecule has 0 spiro atoms. The Morgan fingerprint density at radius 2 is 2.00 bits per heavy atom. The molecule has 0 bridgehead atoms. The van der Waals surface area contributed by atoms with Crippen LogP contribution in [0.15, 0.2) is 42.6 Å². The van der Waals surface area contributed by atoms with Gasteiger partial charge in [0.1, 0.15) is 30.3 Å². The van der Waals surface area contributed by atoms with Crippen LogP contribution in [0.2, 0.25) is 0 Å². The monoisotopic (exact) mass is 351 g/mol. The number of aromatic nitrogens is 1. The smallest absolute Gasteiger partial charge is 0.419 e. The number of likely N-dealkylation sites (N-methyl/N-ethyl adjacent to an activating group) is 1. The largest absolute Gasteiger partial charge is 0.490 e. The van der Waals surface area contributed by atoms with Crippen molar-refractivity contribution < 1.29 is 23.0 Å². The van der Waals surface area contributed by atoms with Crippen LogP contribution in [0.1, 0.15) is 11.1 Å². The standard InChI is InChI=1S/C17H16F3N3O2/c1-23(16-12(9-21)5-4-8-22-16)10-13(24)11-25-15-7-3-2-6-14(15)17(18,19)20/h2-8,13,24H,10-11H2,1H3/t13-/m1/s1. The van der Waals surface area contributed by atoms with E-state index in [0.29, 0.717) is 11.4 Å². The molecule has 1 aromatic heterocycles. The lowest BCUT2D eigenvalue weighted by atomic mass is 10.2. The van der Waals surface area contributed by atoms with Gasteiger partial charge in [-0.05, 0) is 24.3 Å². The van der Waals surface area contributed by atoms with Crippen LogP contribution in [-0.2, 0) is 6.18 Å². The van der Waals surface area contributed by atoms with Crippen LogP contribution in [-0.4, -0.2) is 36.4 Å². The Morgan fingerprint density at radius 1 is 1.28 bits per heavy atom. The molecule has 2 aromatic rings. The summed E-state index contributed by atoms with van der Waals surface area (Å²) >= 11 is 0. The van der Waals surface area contributed by atoms with Gasteiger partial charge in [0.2, 0.25) is 0 Å². The van der Waals surface area contributed by atoms with Crippen molar-refractivity contribution in [1.82, 2.24) is 4.98 Å². The zero-order valence-electron chi connectivity index (χ0n) is 13.4. The summed E-state index contributed by atoms with van der Waals surface area (Å²) in [6.45, 7) is -0.286. The normalized spacial score (nSPS) is 12.3. The number of halogens is 3. The third kappa shape index (κ3) is 4.84. The number of ether oxygens (including phenoxy) is 1. The van der Waals surface area contributed by atoms with Gasteiger partial charge in [-0.25, -0.2) is 4.98 Å². The molecule has 25 heavy (non-hydrogen) atoms. The Kier molecular flexibility index (Phi) is 5.83. The van der Waals surface area contributed by atoms with E-state index in [1.165, 1.54) is 24.4 Å². The van der Waals surface area contributed by atoms with Gasteiger partial charge in [0.25, 0.3) is 0 Å². The predicted octanol–water partition coefficient (Wildman–Crippen LogP) is 2.85. The second-order valence-electron chi connectivity index (χ2n) is 5.33. The lowest BCUT2D eigenvalue weighted by molar-refractivity contribution is -0.139. The number of benzene rings is 1. The van der Waals surface area contributed by atoms with E-state index < -0.39 is 17.8 Å². The maximum absolute atomic E-state index is 12.9. The average molecular weight is 351 g/mol. The Morgan fingerprint density at radius 3 is 2.68 bits per heavy atom. The number of nitriles is 1. The van der Waals surface area contributed by atoms with E-state index in [1.807, 2.05) is 6.07 Å². The highest BCUT2D eigenvalue weighted by atomic mass is 19.4. The lowest BCUT2D eigenvalue weighted by Gasteiger charge is -2.23. The molecular formula is C17H16F3N3O2. The third-order valence-corrected chi connectivity index (χ3v) is 3.38. The molecule has 0 aliphatic heterocycles. The van der Waals surface area contributed by atoms with Crippen molar-refractivity contribution in [3.8, 4) is 11.8 Å². The Balaban J connectivity index is 2.00. The first-order chi connectivity index (χ1) is 11.8. The number of pyridine rings is 1. The van der Waals surface area contributed by atoms with Crippen LogP contribution in [0.25, 0.3) is 0 Å². The first kappa shape index (κ1) is 18.5. The molecule has 0 radical (unpaired) electrons. The fraction of sp³-hybridized carbons (Fsp3) is 0.294.